The molecule has 0 aromatic heterocycles. The van der Waals surface area contributed by atoms with Crippen LogP contribution in [0.1, 0.15) is 41.5 Å². The molecular weight excluding hydrogens is 534 g/mol. The minimum absolute atomic E-state index is 0.153. The molecule has 2 atom stereocenters. The van der Waals surface area contributed by atoms with Crippen LogP contribution in [0.15, 0.2) is 84.9 Å². The zero-order chi connectivity index (χ0) is 28.5. The Hall–Kier alpha value is -3.06. The van der Waals surface area contributed by atoms with Crippen molar-refractivity contribution in [2.75, 3.05) is 12.7 Å². The lowest BCUT2D eigenvalue weighted by Gasteiger charge is -2.30. The highest BCUT2D eigenvalue weighted by molar-refractivity contribution is 7.74. The minimum Gasteiger partial charge on any atom is -0.484 e. The number of ether oxygens (including phenoxy) is 2. The van der Waals surface area contributed by atoms with Crippen molar-refractivity contribution in [3.05, 3.63) is 84.9 Å². The monoisotopic (exact) mass is 570 g/mol. The summed E-state index contributed by atoms with van der Waals surface area (Å²) in [6.07, 6.45) is 0.306. The number of fused-ring (bicyclic) bond motifs is 2. The molecule has 4 nitrogen and oxygen atoms in total. The van der Waals surface area contributed by atoms with Crippen LogP contribution < -0.4 is 20.1 Å². The first kappa shape index (κ1) is 27.1. The van der Waals surface area contributed by atoms with Crippen LogP contribution in [-0.2, 0) is 9.13 Å². The molecule has 0 amide bonds. The van der Waals surface area contributed by atoms with Crippen LogP contribution in [-0.4, -0.2) is 23.0 Å². The fraction of sp³-hybridized carbons (Fsp3) is 0.294. The molecule has 4 aromatic carbocycles. The van der Waals surface area contributed by atoms with E-state index in [4.69, 9.17) is 9.47 Å². The molecular formula is C34H36O4P2. The smallest absolute Gasteiger partial charge is 0.160 e. The first-order valence-corrected chi connectivity index (χ1v) is 17.6. The molecule has 0 unspecified atom stereocenters. The number of rotatable bonds is 3. The fourth-order valence-electron chi connectivity index (χ4n) is 5.77. The third-order valence-electron chi connectivity index (χ3n) is 8.39. The summed E-state index contributed by atoms with van der Waals surface area (Å²) in [4.78, 5) is 0. The molecule has 0 aliphatic carbocycles. The van der Waals surface area contributed by atoms with Crippen molar-refractivity contribution < 1.29 is 18.6 Å². The maximum absolute atomic E-state index is 15.0. The van der Waals surface area contributed by atoms with Crippen molar-refractivity contribution in [3.63, 3.8) is 0 Å². The molecule has 0 saturated carbocycles. The van der Waals surface area contributed by atoms with E-state index in [1.165, 1.54) is 0 Å². The highest BCUT2D eigenvalue weighted by Crippen LogP contribution is 2.67. The van der Waals surface area contributed by atoms with E-state index in [2.05, 4.69) is 24.3 Å². The standard InChI is InChI=1S/C34H36O4P2/c1-33(2,3)39(35)21-37-29-25(23-13-9-7-10-14-23)17-19-27(31(29)39)28-20-18-26(24-15-11-8-12-16-24)30-32(28)40(36,22-38-30)34(4,5)6/h7-20H,21-22H2,1-6H3/t39-,40-/m1/s1. The van der Waals surface area contributed by atoms with Gasteiger partial charge in [-0.25, -0.2) is 0 Å². The molecule has 0 bridgehead atoms. The van der Waals surface area contributed by atoms with E-state index in [0.29, 0.717) is 11.5 Å². The van der Waals surface area contributed by atoms with E-state index < -0.39 is 24.6 Å². The zero-order valence-electron chi connectivity index (χ0n) is 24.0. The Bertz CT molecular complexity index is 1580. The minimum atomic E-state index is -3.02. The Kier molecular flexibility index (Phi) is 6.26. The lowest BCUT2D eigenvalue weighted by molar-refractivity contribution is 0.391. The van der Waals surface area contributed by atoms with Crippen LogP contribution in [0.4, 0.5) is 0 Å². The van der Waals surface area contributed by atoms with Crippen molar-refractivity contribution in [3.8, 4) is 44.9 Å². The average molecular weight is 571 g/mol. The molecule has 6 rings (SSSR count). The van der Waals surface area contributed by atoms with Gasteiger partial charge >= 0.3 is 0 Å². The van der Waals surface area contributed by atoms with Crippen molar-refractivity contribution in [2.45, 2.75) is 51.9 Å². The van der Waals surface area contributed by atoms with Crippen LogP contribution in [0.25, 0.3) is 33.4 Å². The second-order valence-electron chi connectivity index (χ2n) is 12.8. The van der Waals surface area contributed by atoms with Crippen LogP contribution >= 0.6 is 14.3 Å². The lowest BCUT2D eigenvalue weighted by atomic mass is 9.96. The summed E-state index contributed by atoms with van der Waals surface area (Å²) in [5.41, 5.74) is 5.54. The van der Waals surface area contributed by atoms with Gasteiger partial charge in [0.1, 0.15) is 24.2 Å². The van der Waals surface area contributed by atoms with E-state index in [0.717, 1.165) is 44.0 Å². The molecule has 0 saturated heterocycles. The third-order valence-corrected chi connectivity index (χ3v) is 16.0. The van der Waals surface area contributed by atoms with Gasteiger partial charge in [-0.05, 0) is 34.4 Å². The molecule has 40 heavy (non-hydrogen) atoms. The van der Waals surface area contributed by atoms with Crippen molar-refractivity contribution in [1.82, 2.24) is 0 Å². The molecule has 2 aliphatic rings. The van der Waals surface area contributed by atoms with Crippen LogP contribution in [0.3, 0.4) is 0 Å². The summed E-state index contributed by atoms with van der Waals surface area (Å²) in [5, 5.41) is 0.478. The maximum Gasteiger partial charge on any atom is 0.160 e. The largest absolute Gasteiger partial charge is 0.484 e. The second kappa shape index (κ2) is 9.23. The highest BCUT2D eigenvalue weighted by Gasteiger charge is 2.51. The molecule has 206 valence electrons. The maximum atomic E-state index is 15.0. The summed E-state index contributed by atoms with van der Waals surface area (Å²) in [6, 6.07) is 28.4. The van der Waals surface area contributed by atoms with Gasteiger partial charge in [0.25, 0.3) is 0 Å². The summed E-state index contributed by atoms with van der Waals surface area (Å²) < 4.78 is 42.6. The SMILES string of the molecule is CC(C)(C)[P@@]1(=O)COc2c(-c3ccccc3)ccc(-c3ccc(-c4ccccc4)c4c3[P@@](=O)(C(C)(C)C)CO4)c21. The van der Waals surface area contributed by atoms with E-state index in [1.54, 1.807) is 0 Å². The molecule has 0 fully saturated rings. The Balaban J connectivity index is 1.70. The van der Waals surface area contributed by atoms with E-state index in [9.17, 15) is 9.13 Å². The van der Waals surface area contributed by atoms with Gasteiger partial charge in [-0.3, -0.25) is 0 Å². The lowest BCUT2D eigenvalue weighted by Crippen LogP contribution is -2.26. The van der Waals surface area contributed by atoms with Gasteiger partial charge in [-0.2, -0.15) is 0 Å². The first-order valence-electron chi connectivity index (χ1n) is 13.8. The number of hydrogen-bond acceptors (Lipinski definition) is 4. The topological polar surface area (TPSA) is 52.6 Å². The zero-order valence-corrected chi connectivity index (χ0v) is 25.8. The molecule has 6 heteroatoms. The molecule has 0 radical (unpaired) electrons. The second-order valence-corrected chi connectivity index (χ2v) is 19.8. The Morgan fingerprint density at radius 3 is 1.15 bits per heavy atom. The summed E-state index contributed by atoms with van der Waals surface area (Å²) >= 11 is 0. The molecule has 0 N–H and O–H groups in total. The van der Waals surface area contributed by atoms with Crippen LogP contribution in [0.5, 0.6) is 11.5 Å². The summed E-state index contributed by atoms with van der Waals surface area (Å²) in [6.45, 7) is 12.2. The Labute approximate surface area is 237 Å². The Morgan fingerprint density at radius 2 is 0.825 bits per heavy atom. The van der Waals surface area contributed by atoms with Crippen LogP contribution in [0, 0.1) is 0 Å². The van der Waals surface area contributed by atoms with Gasteiger partial charge in [-0.15, -0.1) is 0 Å². The van der Waals surface area contributed by atoms with Crippen molar-refractivity contribution >= 4 is 24.9 Å². The predicted octanol–water partition coefficient (Wildman–Crippen LogP) is 8.96. The van der Waals surface area contributed by atoms with Gasteiger partial charge in [0.05, 0.1) is 10.6 Å². The van der Waals surface area contributed by atoms with Gasteiger partial charge in [0.15, 0.2) is 14.3 Å². The quantitative estimate of drug-likeness (QED) is 0.231. The third kappa shape index (κ3) is 3.95. The van der Waals surface area contributed by atoms with Gasteiger partial charge < -0.3 is 18.6 Å². The molecule has 2 aliphatic heterocycles. The van der Waals surface area contributed by atoms with Crippen LogP contribution in [0.2, 0.25) is 0 Å². The van der Waals surface area contributed by atoms with Gasteiger partial charge in [-0.1, -0.05) is 114 Å². The van der Waals surface area contributed by atoms with Gasteiger partial charge in [0.2, 0.25) is 0 Å². The first-order chi connectivity index (χ1) is 18.9. The molecule has 4 aromatic rings. The summed E-state index contributed by atoms with van der Waals surface area (Å²) in [5.74, 6) is 1.35. The van der Waals surface area contributed by atoms with Gasteiger partial charge in [0, 0.05) is 21.4 Å². The van der Waals surface area contributed by atoms with E-state index >= 15 is 0 Å². The fourth-order valence-corrected chi connectivity index (χ4v) is 11.0. The van der Waals surface area contributed by atoms with Crippen molar-refractivity contribution in [2.24, 2.45) is 0 Å². The number of benzene rings is 4. The van der Waals surface area contributed by atoms with E-state index in [-0.39, 0.29) is 12.7 Å². The number of hydrogen-bond donors (Lipinski definition) is 0. The predicted molar refractivity (Wildman–Crippen MR) is 168 cm³/mol. The normalized spacial score (nSPS) is 21.9. The molecule has 2 heterocycles. The Morgan fingerprint density at radius 1 is 0.500 bits per heavy atom. The van der Waals surface area contributed by atoms with Crippen molar-refractivity contribution in [1.29, 1.82) is 0 Å². The van der Waals surface area contributed by atoms with E-state index in [1.807, 2.05) is 102 Å². The summed E-state index contributed by atoms with van der Waals surface area (Å²) in [7, 11) is -6.05. The molecule has 0 spiro atoms. The average Bonchev–Trinajstić information content (AvgIpc) is 3.48. The highest BCUT2D eigenvalue weighted by atomic mass is 31.2.